The summed E-state index contributed by atoms with van der Waals surface area (Å²) in [6, 6.07) is 4.14. The summed E-state index contributed by atoms with van der Waals surface area (Å²) in [4.78, 5) is 27.0. The van der Waals surface area contributed by atoms with E-state index in [1.807, 2.05) is 11.9 Å². The van der Waals surface area contributed by atoms with Crippen molar-refractivity contribution in [2.75, 3.05) is 38.1 Å². The lowest BCUT2D eigenvalue weighted by Gasteiger charge is -2.46. The molecule has 40 heavy (non-hydrogen) atoms. The van der Waals surface area contributed by atoms with Gasteiger partial charge in [-0.05, 0) is 56.8 Å². The van der Waals surface area contributed by atoms with Gasteiger partial charge in [-0.15, -0.1) is 0 Å². The number of nitrogens with one attached hydrogen (secondary N) is 1. The first-order chi connectivity index (χ1) is 20.1. The van der Waals surface area contributed by atoms with Crippen LogP contribution < -0.4 is 20.5 Å². The van der Waals surface area contributed by atoms with Crippen molar-refractivity contribution in [2.24, 2.45) is 0 Å². The molecular formula is C28H29F2N7O3. The van der Waals surface area contributed by atoms with Crippen molar-refractivity contribution in [1.29, 1.82) is 0 Å². The van der Waals surface area contributed by atoms with Crippen LogP contribution in [0.15, 0.2) is 35.3 Å². The molecule has 0 amide bonds. The van der Waals surface area contributed by atoms with Crippen molar-refractivity contribution in [3.63, 3.8) is 0 Å². The van der Waals surface area contributed by atoms with Crippen LogP contribution in [0.4, 0.5) is 14.6 Å². The Bertz CT molecular complexity index is 1780. The summed E-state index contributed by atoms with van der Waals surface area (Å²) in [5.41, 5.74) is -1.07. The van der Waals surface area contributed by atoms with Gasteiger partial charge >= 0.3 is 6.01 Å². The summed E-state index contributed by atoms with van der Waals surface area (Å²) in [5, 5.41) is 18.4. The number of fused-ring (bicyclic) bond motifs is 5. The second kappa shape index (κ2) is 9.63. The highest BCUT2D eigenvalue weighted by Gasteiger charge is 2.36. The smallest absolute Gasteiger partial charge is 0.319 e. The summed E-state index contributed by atoms with van der Waals surface area (Å²) >= 11 is 0. The van der Waals surface area contributed by atoms with Gasteiger partial charge in [0.15, 0.2) is 11.6 Å². The van der Waals surface area contributed by atoms with Crippen LogP contribution in [0.2, 0.25) is 0 Å². The number of anilines is 1. The number of hydrogen-bond donors (Lipinski definition) is 2. The number of benzene rings is 2. The predicted octanol–water partition coefficient (Wildman–Crippen LogP) is 2.73. The van der Waals surface area contributed by atoms with Gasteiger partial charge in [0.25, 0.3) is 5.56 Å². The van der Waals surface area contributed by atoms with Gasteiger partial charge in [0.1, 0.15) is 23.6 Å². The van der Waals surface area contributed by atoms with Crippen LogP contribution in [0.1, 0.15) is 28.4 Å². The number of rotatable bonds is 5. The number of hydrogen-bond acceptors (Lipinski definition) is 9. The highest BCUT2D eigenvalue weighted by Crippen LogP contribution is 2.34. The van der Waals surface area contributed by atoms with Crippen molar-refractivity contribution in [3.05, 3.63) is 52.5 Å². The average molecular weight is 552 g/mol. The number of aromatic hydroxyl groups is 1. The fourth-order valence-corrected chi connectivity index (χ4v) is 6.10. The van der Waals surface area contributed by atoms with Crippen LogP contribution in [0.25, 0.3) is 27.4 Å². The number of likely N-dealkylation sites (N-methyl/N-ethyl adjacent to an activating group) is 1. The Labute approximate surface area is 231 Å². The molecule has 0 spiro atoms. The number of aromatic nitrogens is 4. The fourth-order valence-electron chi connectivity index (χ4n) is 6.10. The molecule has 2 aromatic heterocycles. The maximum absolute atomic E-state index is 15.0. The molecule has 0 aliphatic carbocycles. The highest BCUT2D eigenvalue weighted by atomic mass is 19.2. The van der Waals surface area contributed by atoms with Crippen LogP contribution in [0.5, 0.6) is 11.8 Å². The van der Waals surface area contributed by atoms with Gasteiger partial charge in [-0.3, -0.25) is 4.79 Å². The minimum absolute atomic E-state index is 0.0909. The zero-order valence-corrected chi connectivity index (χ0v) is 21.8. The molecule has 12 heteroatoms. The van der Waals surface area contributed by atoms with E-state index >= 15 is 4.39 Å². The molecule has 0 radical (unpaired) electrons. The van der Waals surface area contributed by atoms with Crippen LogP contribution in [0, 0.1) is 11.6 Å². The Morgan fingerprint density at radius 3 is 2.83 bits per heavy atom. The van der Waals surface area contributed by atoms with Gasteiger partial charge in [-0.25, -0.2) is 8.78 Å². The minimum atomic E-state index is -2.15. The predicted molar refractivity (Wildman–Crippen MR) is 145 cm³/mol. The number of piperidine rings is 2. The van der Waals surface area contributed by atoms with Crippen molar-refractivity contribution >= 4 is 27.5 Å². The summed E-state index contributed by atoms with van der Waals surface area (Å²) in [6.45, 7) is -0.0662. The first-order valence-electron chi connectivity index (χ1n) is 14.4. The molecule has 2 bridgehead atoms. The molecule has 2 N–H and O–H groups in total. The van der Waals surface area contributed by atoms with Crippen LogP contribution in [0.3, 0.4) is 0 Å². The van der Waals surface area contributed by atoms with Gasteiger partial charge in [0.05, 0.1) is 20.0 Å². The van der Waals surface area contributed by atoms with Crippen molar-refractivity contribution in [2.45, 2.75) is 43.8 Å². The van der Waals surface area contributed by atoms with Crippen molar-refractivity contribution < 1.29 is 21.4 Å². The number of likely N-dealkylation sites (tertiary alicyclic amines) is 1. The van der Waals surface area contributed by atoms with Gasteiger partial charge in [-0.2, -0.15) is 19.7 Å². The highest BCUT2D eigenvalue weighted by molar-refractivity contribution is 5.93. The van der Waals surface area contributed by atoms with Gasteiger partial charge < -0.3 is 25.0 Å². The second-order valence-corrected chi connectivity index (χ2v) is 10.7. The number of piperazine rings is 1. The largest absolute Gasteiger partial charge is 0.508 e. The number of nitrogens with zero attached hydrogens (tertiary/aromatic N) is 6. The topological polar surface area (TPSA) is 109 Å². The van der Waals surface area contributed by atoms with Crippen LogP contribution in [-0.4, -0.2) is 81.1 Å². The third kappa shape index (κ3) is 4.13. The fraction of sp³-hybridized carbons (Fsp3) is 0.429. The Morgan fingerprint density at radius 2 is 2.10 bits per heavy atom. The third-order valence-electron chi connectivity index (χ3n) is 8.23. The Hall–Kier alpha value is -3.90. The van der Waals surface area contributed by atoms with E-state index in [4.69, 9.17) is 7.48 Å². The van der Waals surface area contributed by atoms with Crippen LogP contribution >= 0.6 is 0 Å². The molecule has 3 atom stereocenters. The summed E-state index contributed by atoms with van der Waals surface area (Å²) in [5.74, 6) is -2.17. The molecule has 4 aliphatic rings. The lowest BCUT2D eigenvalue weighted by Crippen LogP contribution is -2.61. The maximum Gasteiger partial charge on any atom is 0.319 e. The second-order valence-electron chi connectivity index (χ2n) is 10.7. The van der Waals surface area contributed by atoms with E-state index in [1.54, 1.807) is 0 Å². The molecule has 2 aromatic carbocycles. The number of ether oxygens (including phenoxy) is 1. The van der Waals surface area contributed by atoms with Crippen molar-refractivity contribution in [1.82, 2.24) is 30.0 Å². The maximum atomic E-state index is 15.0. The zero-order chi connectivity index (χ0) is 29.3. The van der Waals surface area contributed by atoms with Gasteiger partial charge in [-0.1, -0.05) is 6.07 Å². The first kappa shape index (κ1) is 22.9. The molecule has 6 heterocycles. The monoisotopic (exact) mass is 551 g/mol. The normalized spacial score (nSPS) is 24.1. The molecular weight excluding hydrogens is 520 g/mol. The van der Waals surface area contributed by atoms with Crippen LogP contribution in [-0.2, 0) is 0 Å². The zero-order valence-electron chi connectivity index (χ0n) is 23.8. The van der Waals surface area contributed by atoms with E-state index in [0.29, 0.717) is 24.2 Å². The summed E-state index contributed by atoms with van der Waals surface area (Å²) in [6.07, 6.45) is 4.72. The molecule has 4 saturated heterocycles. The SMILES string of the molecule is [2H]C([2H])(Oc1nc(N2CC3CCC2CN3)c2cnn(-c3cc(O)cc4ccc(F)c(F)c34)c(=O)c2n1)[C@@H]1CCCN1C. The van der Waals surface area contributed by atoms with E-state index in [0.717, 1.165) is 49.2 Å². The minimum Gasteiger partial charge on any atom is -0.508 e. The molecule has 0 saturated carbocycles. The van der Waals surface area contributed by atoms with E-state index in [-0.39, 0.29) is 45.8 Å². The number of phenolic OH excluding ortho intramolecular Hbond substituents is 1. The lowest BCUT2D eigenvalue weighted by molar-refractivity contribution is 0.188. The van der Waals surface area contributed by atoms with E-state index < -0.39 is 29.8 Å². The third-order valence-corrected chi connectivity index (χ3v) is 8.23. The van der Waals surface area contributed by atoms with Crippen molar-refractivity contribution in [3.8, 4) is 17.4 Å². The molecule has 8 rings (SSSR count). The average Bonchev–Trinajstić information content (AvgIpc) is 3.42. The number of halogens is 2. The molecule has 4 aliphatic heterocycles. The first-order valence-corrected chi connectivity index (χ1v) is 13.4. The molecule has 2 unspecified atom stereocenters. The summed E-state index contributed by atoms with van der Waals surface area (Å²) < 4.78 is 53.3. The Kier molecular flexibility index (Phi) is 5.51. The van der Waals surface area contributed by atoms with E-state index in [2.05, 4.69) is 25.3 Å². The number of phenols is 1. The molecule has 4 fully saturated rings. The summed E-state index contributed by atoms with van der Waals surface area (Å²) in [7, 11) is 1.83. The van der Waals surface area contributed by atoms with E-state index in [9.17, 15) is 14.3 Å². The molecule has 10 nitrogen and oxygen atoms in total. The Balaban J connectivity index is 1.43. The van der Waals surface area contributed by atoms with E-state index in [1.165, 1.54) is 18.3 Å². The van der Waals surface area contributed by atoms with Gasteiger partial charge in [0.2, 0.25) is 0 Å². The quantitative estimate of drug-likeness (QED) is 0.387. The molecule has 208 valence electrons. The van der Waals surface area contributed by atoms with Gasteiger partial charge in [0, 0.05) is 42.7 Å². The Morgan fingerprint density at radius 1 is 1.23 bits per heavy atom. The lowest BCUT2D eigenvalue weighted by atomic mass is 9.93. The standard InChI is InChI=1S/C28H29F2N7O3/c1-35-8-2-3-18(35)14-40-28-33-25-20(26(34-28)36-13-16-5-6-17(36)11-31-16)12-32-37(27(25)39)22-10-19(38)9-15-4-7-21(29)24(30)23(15)22/h4,7,9-10,12,16-18,31,38H,2-3,5-6,8,11,13-14H2,1H3/t16?,17?,18-/m0/s1/i14D2. The molecule has 4 aromatic rings.